The van der Waals surface area contributed by atoms with Gasteiger partial charge in [0, 0.05) is 31.6 Å². The number of nitrogens with one attached hydrogen (secondary N) is 1. The van der Waals surface area contributed by atoms with Gasteiger partial charge in [0.15, 0.2) is 23.0 Å². The lowest BCUT2D eigenvalue weighted by molar-refractivity contribution is -0.670. The molecular formula is C21H29N2O8S2+. The van der Waals surface area contributed by atoms with Gasteiger partial charge in [0.25, 0.3) is 0 Å². The van der Waals surface area contributed by atoms with E-state index < -0.39 is 23.3 Å². The van der Waals surface area contributed by atoms with E-state index in [-0.39, 0.29) is 40.9 Å². The molecule has 1 saturated heterocycles. The van der Waals surface area contributed by atoms with Crippen molar-refractivity contribution in [1.29, 1.82) is 0 Å². The zero-order valence-electron chi connectivity index (χ0n) is 19.0. The molecule has 0 radical (unpaired) electrons. The van der Waals surface area contributed by atoms with Crippen LogP contribution in [-0.2, 0) is 20.0 Å². The minimum absolute atomic E-state index is 0.125. The number of nitrogens with zero attached hydrogens (tertiary/aromatic N) is 1. The maximum atomic E-state index is 14.0. The third kappa shape index (κ3) is 4.23. The van der Waals surface area contributed by atoms with Crippen molar-refractivity contribution in [3.05, 3.63) is 36.4 Å². The van der Waals surface area contributed by atoms with E-state index >= 15 is 0 Å². The highest BCUT2D eigenvalue weighted by Crippen LogP contribution is 2.39. The summed E-state index contributed by atoms with van der Waals surface area (Å²) in [5.74, 6) is 1.05. The molecule has 1 fully saturated rings. The van der Waals surface area contributed by atoms with Crippen LogP contribution < -0.4 is 24.3 Å². The van der Waals surface area contributed by atoms with Gasteiger partial charge in [0.2, 0.25) is 0 Å². The van der Waals surface area contributed by atoms with Crippen molar-refractivity contribution in [3.8, 4) is 23.0 Å². The second-order valence-electron chi connectivity index (χ2n) is 7.35. The van der Waals surface area contributed by atoms with Gasteiger partial charge in [-0.1, -0.05) is 0 Å². The van der Waals surface area contributed by atoms with Crippen LogP contribution in [0.25, 0.3) is 0 Å². The predicted molar refractivity (Wildman–Crippen MR) is 121 cm³/mol. The van der Waals surface area contributed by atoms with Crippen LogP contribution >= 0.6 is 0 Å². The maximum Gasteiger partial charge on any atom is 0.342 e. The Morgan fingerprint density at radius 2 is 1.12 bits per heavy atom. The summed E-state index contributed by atoms with van der Waals surface area (Å²) in [5.41, 5.74) is 0. The maximum absolute atomic E-state index is 14.0. The number of ether oxygens (including phenoxy) is 4. The van der Waals surface area contributed by atoms with Crippen molar-refractivity contribution < 1.29 is 39.1 Å². The van der Waals surface area contributed by atoms with Crippen LogP contribution in [-0.4, -0.2) is 74.7 Å². The van der Waals surface area contributed by atoms with Gasteiger partial charge in [-0.3, -0.25) is 0 Å². The third-order valence-electron chi connectivity index (χ3n) is 5.66. The Bertz CT molecular complexity index is 1120. The highest BCUT2D eigenvalue weighted by Gasteiger charge is 2.55. The summed E-state index contributed by atoms with van der Waals surface area (Å²) in [4.78, 5) is -0.350. The Morgan fingerprint density at radius 1 is 0.667 bits per heavy atom. The normalized spacial score (nSPS) is 16.5. The third-order valence-corrected chi connectivity index (χ3v) is 11.0. The molecule has 0 amide bonds. The molecule has 2 aromatic rings. The SMILES string of the molecule is COc1ccc(S(=O)(=O)[N+]2(S(=O)(=O)c3ccc(OC)c(OC)c3)CCCNCC2)cc1OC. The molecule has 2 aromatic carbocycles. The van der Waals surface area contributed by atoms with Gasteiger partial charge in [0.1, 0.15) is 22.9 Å². The lowest BCUT2D eigenvalue weighted by Gasteiger charge is -2.34. The van der Waals surface area contributed by atoms with E-state index in [4.69, 9.17) is 18.9 Å². The van der Waals surface area contributed by atoms with Gasteiger partial charge in [-0.25, -0.2) is 0 Å². The molecule has 1 heterocycles. The fourth-order valence-corrected chi connectivity index (χ4v) is 8.59. The minimum Gasteiger partial charge on any atom is -0.493 e. The van der Waals surface area contributed by atoms with E-state index in [1.807, 2.05) is 0 Å². The first-order chi connectivity index (χ1) is 15.7. The van der Waals surface area contributed by atoms with E-state index in [9.17, 15) is 16.8 Å². The Hall–Kier alpha value is -2.54. The number of hydrogen-bond donors (Lipinski definition) is 1. The molecule has 3 rings (SSSR count). The second-order valence-corrected chi connectivity index (χ2v) is 11.8. The summed E-state index contributed by atoms with van der Waals surface area (Å²) in [7, 11) is -3.25. The molecule has 0 atom stereocenters. The van der Waals surface area contributed by atoms with Crippen LogP contribution in [0.1, 0.15) is 6.42 Å². The molecule has 12 heteroatoms. The van der Waals surface area contributed by atoms with Gasteiger partial charge in [-0.15, -0.1) is 3.29 Å². The Kier molecular flexibility index (Phi) is 7.42. The zero-order chi connectivity index (χ0) is 24.3. The number of methoxy groups -OCH3 is 4. The molecule has 0 aliphatic carbocycles. The molecule has 182 valence electrons. The quantitative estimate of drug-likeness (QED) is 0.538. The summed E-state index contributed by atoms with van der Waals surface area (Å²) in [6.07, 6.45) is 0.346. The van der Waals surface area contributed by atoms with E-state index in [0.717, 1.165) is 0 Å². The second kappa shape index (κ2) is 9.75. The summed E-state index contributed by atoms with van der Waals surface area (Å²) in [5, 5.41) is 3.10. The standard InChI is InChI=1S/C21H29N2O8S2/c1-28-18-8-6-16(14-20(18)30-3)32(24,25)23(12-5-10-22-11-13-23)33(26,27)17-7-9-19(29-2)21(15-17)31-4/h6-9,14-15,22H,5,10-13H2,1-4H3/q+1. The number of benzene rings is 2. The van der Waals surface area contributed by atoms with Crippen molar-refractivity contribution >= 4 is 20.0 Å². The van der Waals surface area contributed by atoms with Crippen LogP contribution in [0.15, 0.2) is 46.2 Å². The smallest absolute Gasteiger partial charge is 0.342 e. The van der Waals surface area contributed by atoms with Crippen molar-refractivity contribution in [1.82, 2.24) is 5.32 Å². The average Bonchev–Trinajstić information content (AvgIpc) is 3.11. The fourth-order valence-electron chi connectivity index (χ4n) is 3.88. The lowest BCUT2D eigenvalue weighted by atomic mass is 10.3. The van der Waals surface area contributed by atoms with Crippen LogP contribution in [0.2, 0.25) is 0 Å². The van der Waals surface area contributed by atoms with Crippen molar-refractivity contribution in [2.24, 2.45) is 0 Å². The number of sulfonamides is 2. The first-order valence-corrected chi connectivity index (χ1v) is 13.1. The van der Waals surface area contributed by atoms with Gasteiger partial charge >= 0.3 is 20.0 Å². The highest BCUT2D eigenvalue weighted by atomic mass is 32.3. The Balaban J connectivity index is 2.25. The van der Waals surface area contributed by atoms with Crippen LogP contribution in [0.5, 0.6) is 23.0 Å². The van der Waals surface area contributed by atoms with Crippen molar-refractivity contribution in [2.45, 2.75) is 16.2 Å². The number of quaternary nitrogens is 1. The zero-order valence-corrected chi connectivity index (χ0v) is 20.7. The molecule has 0 unspecified atom stereocenters. The number of rotatable bonds is 8. The summed E-state index contributed by atoms with van der Waals surface area (Å²) < 4.78 is 75.9. The molecule has 33 heavy (non-hydrogen) atoms. The van der Waals surface area contributed by atoms with Crippen LogP contribution in [0.4, 0.5) is 0 Å². The van der Waals surface area contributed by atoms with Crippen molar-refractivity contribution in [3.63, 3.8) is 0 Å². The first-order valence-electron chi connectivity index (χ1n) is 10.2. The molecule has 0 aromatic heterocycles. The van der Waals surface area contributed by atoms with E-state index in [1.165, 1.54) is 64.8 Å². The lowest BCUT2D eigenvalue weighted by Crippen LogP contribution is -2.58. The van der Waals surface area contributed by atoms with Gasteiger partial charge in [-0.05, 0) is 24.3 Å². The largest absolute Gasteiger partial charge is 0.493 e. The highest BCUT2D eigenvalue weighted by molar-refractivity contribution is 7.98. The van der Waals surface area contributed by atoms with E-state index in [2.05, 4.69) is 5.32 Å². The summed E-state index contributed by atoms with van der Waals surface area (Å²) in [6.45, 7) is 0.412. The fraction of sp³-hybridized carbons (Fsp3) is 0.429. The minimum atomic E-state index is -4.44. The molecule has 0 saturated carbocycles. The van der Waals surface area contributed by atoms with Crippen molar-refractivity contribution in [2.75, 3.05) is 54.6 Å². The molecule has 1 aliphatic heterocycles. The molecule has 0 bridgehead atoms. The summed E-state index contributed by atoms with van der Waals surface area (Å²) in [6, 6.07) is 8.13. The molecule has 1 aliphatic rings. The number of hydrogen-bond acceptors (Lipinski definition) is 9. The molecule has 0 spiro atoms. The van der Waals surface area contributed by atoms with Gasteiger partial charge in [-0.2, -0.15) is 16.8 Å². The van der Waals surface area contributed by atoms with Gasteiger partial charge < -0.3 is 24.3 Å². The average molecular weight is 502 g/mol. The topological polar surface area (TPSA) is 117 Å². The molecule has 1 N–H and O–H groups in total. The van der Waals surface area contributed by atoms with Crippen LogP contribution in [0, 0.1) is 0 Å². The van der Waals surface area contributed by atoms with Crippen LogP contribution in [0.3, 0.4) is 0 Å². The Morgan fingerprint density at radius 3 is 1.55 bits per heavy atom. The van der Waals surface area contributed by atoms with Gasteiger partial charge in [0.05, 0.1) is 28.4 Å². The first kappa shape index (κ1) is 25.1. The Labute approximate surface area is 194 Å². The summed E-state index contributed by atoms with van der Waals surface area (Å²) >= 11 is 0. The van der Waals surface area contributed by atoms with E-state index in [0.29, 0.717) is 24.5 Å². The van der Waals surface area contributed by atoms with E-state index in [1.54, 1.807) is 0 Å². The monoisotopic (exact) mass is 501 g/mol. The molecule has 10 nitrogen and oxygen atoms in total. The predicted octanol–water partition coefficient (Wildman–Crippen LogP) is 1.61. The molecular weight excluding hydrogens is 472 g/mol.